The Bertz CT molecular complexity index is 571. The summed E-state index contributed by atoms with van der Waals surface area (Å²) >= 11 is -2.07. The van der Waals surface area contributed by atoms with E-state index in [1.165, 1.54) is 0 Å². The molecular weight excluding hydrogens is 328 g/mol. The van der Waals surface area contributed by atoms with Gasteiger partial charge in [0.25, 0.3) is 0 Å². The molecule has 1 saturated carbocycles. The first-order chi connectivity index (χ1) is 10.9. The molecule has 0 amide bonds. The summed E-state index contributed by atoms with van der Waals surface area (Å²) in [6, 6.07) is 3.47. The minimum atomic E-state index is -2.58. The van der Waals surface area contributed by atoms with Gasteiger partial charge in [0, 0.05) is 25.6 Å². The predicted octanol–water partition coefficient (Wildman–Crippen LogP) is 2.63. The van der Waals surface area contributed by atoms with E-state index < -0.39 is 17.2 Å². The van der Waals surface area contributed by atoms with Crippen LogP contribution in [0.1, 0.15) is 43.9 Å². The smallest absolute Gasteiger partial charge is 0.248 e. The Balaban J connectivity index is 1.87. The van der Waals surface area contributed by atoms with Crippen LogP contribution in [0.25, 0.3) is 0 Å². The van der Waals surface area contributed by atoms with E-state index in [1.54, 1.807) is 25.3 Å². The van der Waals surface area contributed by atoms with Crippen LogP contribution in [-0.2, 0) is 22.6 Å². The van der Waals surface area contributed by atoms with Gasteiger partial charge < -0.3 is 4.84 Å². The van der Waals surface area contributed by atoms with Crippen molar-refractivity contribution >= 4 is 17.0 Å². The molecule has 1 aliphatic rings. The van der Waals surface area contributed by atoms with Crippen molar-refractivity contribution in [3.8, 4) is 0 Å². The van der Waals surface area contributed by atoms with Crippen LogP contribution in [0.15, 0.2) is 23.5 Å². The number of nitrogens with one attached hydrogen (secondary N) is 1. The van der Waals surface area contributed by atoms with Gasteiger partial charge in [-0.15, -0.1) is 0 Å². The van der Waals surface area contributed by atoms with E-state index in [2.05, 4.69) is 14.9 Å². The maximum atomic E-state index is 13.1. The Kier molecular flexibility index (Phi) is 6.14. The van der Waals surface area contributed by atoms with Crippen LogP contribution in [0.5, 0.6) is 0 Å². The number of hydrogen-bond donors (Lipinski definition) is 2. The molecule has 128 valence electrons. The van der Waals surface area contributed by atoms with Gasteiger partial charge >= 0.3 is 0 Å². The standard InChI is InChI=1S/C14H19F2N3O3S/c1-10(19-22-12-4-6-14(15,16)7-5-12)13-3-2-11(8-17-13)9-18-23(20)21/h2-3,8,12,18H,4-7,9H2,1H3,(H,20,21)/b19-10+. The molecule has 1 fully saturated rings. The predicted molar refractivity (Wildman–Crippen MR) is 82.3 cm³/mol. The molecule has 0 bridgehead atoms. The third kappa shape index (κ3) is 5.92. The fourth-order valence-corrected chi connectivity index (χ4v) is 2.50. The first-order valence-electron chi connectivity index (χ1n) is 7.24. The van der Waals surface area contributed by atoms with Crippen molar-refractivity contribution in [3.63, 3.8) is 0 Å². The molecule has 1 heterocycles. The minimum absolute atomic E-state index is 0.168. The summed E-state index contributed by atoms with van der Waals surface area (Å²) < 4.78 is 47.6. The molecule has 1 unspecified atom stereocenters. The monoisotopic (exact) mass is 347 g/mol. The van der Waals surface area contributed by atoms with Crippen molar-refractivity contribution in [2.45, 2.75) is 51.2 Å². The zero-order valence-corrected chi connectivity index (χ0v) is 13.5. The summed E-state index contributed by atoms with van der Waals surface area (Å²) in [6.07, 6.45) is 1.53. The summed E-state index contributed by atoms with van der Waals surface area (Å²) in [7, 11) is 0. The average Bonchev–Trinajstić information content (AvgIpc) is 2.52. The highest BCUT2D eigenvalue weighted by atomic mass is 32.2. The first kappa shape index (κ1) is 17.9. The van der Waals surface area contributed by atoms with Gasteiger partial charge in [-0.1, -0.05) is 11.2 Å². The number of pyridine rings is 1. The number of hydrogen-bond acceptors (Lipinski definition) is 4. The van der Waals surface area contributed by atoms with Gasteiger partial charge in [-0.3, -0.25) is 9.54 Å². The average molecular weight is 347 g/mol. The number of alkyl halides is 2. The van der Waals surface area contributed by atoms with Gasteiger partial charge in [0.1, 0.15) is 11.8 Å². The molecule has 0 aliphatic heterocycles. The van der Waals surface area contributed by atoms with Gasteiger partial charge in [-0.05, 0) is 31.4 Å². The molecule has 1 aromatic rings. The molecule has 0 spiro atoms. The van der Waals surface area contributed by atoms with Crippen molar-refractivity contribution in [3.05, 3.63) is 29.6 Å². The highest BCUT2D eigenvalue weighted by Gasteiger charge is 2.35. The number of halogens is 2. The molecule has 0 aromatic carbocycles. The van der Waals surface area contributed by atoms with Gasteiger partial charge in [-0.25, -0.2) is 17.7 Å². The molecule has 0 radical (unpaired) electrons. The van der Waals surface area contributed by atoms with Crippen LogP contribution in [0.3, 0.4) is 0 Å². The zero-order chi connectivity index (χ0) is 16.9. The fraction of sp³-hybridized carbons (Fsp3) is 0.571. The van der Waals surface area contributed by atoms with E-state index in [9.17, 15) is 13.0 Å². The molecule has 1 aliphatic carbocycles. The summed E-state index contributed by atoms with van der Waals surface area (Å²) in [6.45, 7) is 1.94. The lowest BCUT2D eigenvalue weighted by atomic mass is 9.94. The second kappa shape index (κ2) is 7.89. The van der Waals surface area contributed by atoms with Crippen molar-refractivity contribution < 1.29 is 22.4 Å². The van der Waals surface area contributed by atoms with E-state index in [0.717, 1.165) is 5.56 Å². The highest BCUT2D eigenvalue weighted by molar-refractivity contribution is 7.77. The van der Waals surface area contributed by atoms with Gasteiger partial charge in [-0.2, -0.15) is 0 Å². The molecule has 2 rings (SSSR count). The molecule has 23 heavy (non-hydrogen) atoms. The van der Waals surface area contributed by atoms with Crippen LogP contribution in [0.4, 0.5) is 8.78 Å². The van der Waals surface area contributed by atoms with E-state index >= 15 is 0 Å². The van der Waals surface area contributed by atoms with Crippen molar-refractivity contribution in [1.82, 2.24) is 9.71 Å². The fourth-order valence-electron chi connectivity index (χ4n) is 2.21. The second-order valence-corrected chi connectivity index (χ2v) is 6.25. The molecule has 6 nitrogen and oxygen atoms in total. The van der Waals surface area contributed by atoms with Crippen LogP contribution < -0.4 is 4.72 Å². The van der Waals surface area contributed by atoms with Gasteiger partial charge in [0.05, 0.1) is 5.69 Å². The zero-order valence-electron chi connectivity index (χ0n) is 12.7. The Morgan fingerprint density at radius 3 is 2.78 bits per heavy atom. The molecule has 2 N–H and O–H groups in total. The summed E-state index contributed by atoms with van der Waals surface area (Å²) in [5, 5.41) is 3.97. The van der Waals surface area contributed by atoms with Gasteiger partial charge in [0.15, 0.2) is 0 Å². The van der Waals surface area contributed by atoms with Crippen molar-refractivity contribution in [2.24, 2.45) is 5.16 Å². The Morgan fingerprint density at radius 2 is 2.22 bits per heavy atom. The third-order valence-electron chi connectivity index (χ3n) is 3.60. The van der Waals surface area contributed by atoms with E-state index in [0.29, 0.717) is 24.2 Å². The molecule has 1 atom stereocenters. The van der Waals surface area contributed by atoms with E-state index in [1.807, 2.05) is 0 Å². The van der Waals surface area contributed by atoms with Gasteiger partial charge in [0.2, 0.25) is 17.2 Å². The van der Waals surface area contributed by atoms with Crippen LogP contribution in [0.2, 0.25) is 0 Å². The quantitative estimate of drug-likeness (QED) is 0.471. The largest absolute Gasteiger partial charge is 0.392 e. The topological polar surface area (TPSA) is 83.8 Å². The number of aromatic nitrogens is 1. The Morgan fingerprint density at radius 1 is 1.52 bits per heavy atom. The molecule has 9 heteroatoms. The maximum Gasteiger partial charge on any atom is 0.248 e. The van der Waals surface area contributed by atoms with Crippen molar-refractivity contribution in [2.75, 3.05) is 0 Å². The van der Waals surface area contributed by atoms with Crippen LogP contribution >= 0.6 is 0 Å². The van der Waals surface area contributed by atoms with E-state index in [4.69, 9.17) is 9.39 Å². The van der Waals surface area contributed by atoms with Crippen molar-refractivity contribution in [1.29, 1.82) is 0 Å². The number of nitrogens with zero attached hydrogens (tertiary/aromatic N) is 2. The normalized spacial score (nSPS) is 20.3. The molecular formula is C14H19F2N3O3S. The van der Waals surface area contributed by atoms with E-state index in [-0.39, 0.29) is 25.5 Å². The lowest BCUT2D eigenvalue weighted by Crippen LogP contribution is -2.28. The van der Waals surface area contributed by atoms with Crippen LogP contribution in [-0.4, -0.2) is 31.5 Å². The van der Waals surface area contributed by atoms with Crippen LogP contribution in [0, 0.1) is 0 Å². The number of oxime groups is 1. The number of rotatable bonds is 6. The maximum absolute atomic E-state index is 13.1. The molecule has 1 aromatic heterocycles. The molecule has 0 saturated heterocycles. The first-order valence-corrected chi connectivity index (χ1v) is 8.34. The third-order valence-corrected chi connectivity index (χ3v) is 3.99. The second-order valence-electron chi connectivity index (χ2n) is 5.46. The highest BCUT2D eigenvalue weighted by Crippen LogP contribution is 2.34. The Labute approximate surface area is 135 Å². The summed E-state index contributed by atoms with van der Waals surface area (Å²) in [4.78, 5) is 9.52. The summed E-state index contributed by atoms with van der Waals surface area (Å²) in [5.41, 5.74) is 1.90. The summed E-state index contributed by atoms with van der Waals surface area (Å²) in [5.74, 6) is -2.58. The SMILES string of the molecule is C/C(=N\OC1CCC(F)(F)CC1)c1ccc(CNS(=O)O)cn1. The lowest BCUT2D eigenvalue weighted by molar-refractivity contribution is -0.0797. The Hall–Kier alpha value is -1.45. The lowest BCUT2D eigenvalue weighted by Gasteiger charge is -2.26. The minimum Gasteiger partial charge on any atom is -0.392 e.